The fraction of sp³-hybridized carbons (Fsp3) is 0.308. The lowest BCUT2D eigenvalue weighted by molar-refractivity contribution is -0.125. The van der Waals surface area contributed by atoms with Gasteiger partial charge in [0.2, 0.25) is 5.91 Å². The number of hydrogen-bond donors (Lipinski definition) is 2. The quantitative estimate of drug-likeness (QED) is 0.504. The SMILES string of the molecule is Cc1ccc2nccc(N3CCC(C(=O)NCCc4c[nH]c5ccccc45)CC3)c2c1. The van der Waals surface area contributed by atoms with Crippen LogP contribution in [0, 0.1) is 12.8 Å². The summed E-state index contributed by atoms with van der Waals surface area (Å²) in [6.07, 6.45) is 6.55. The number of hydrogen-bond acceptors (Lipinski definition) is 3. The zero-order valence-corrected chi connectivity index (χ0v) is 17.9. The third-order valence-corrected chi connectivity index (χ3v) is 6.45. The van der Waals surface area contributed by atoms with Crippen molar-refractivity contribution >= 4 is 33.4 Å². The monoisotopic (exact) mass is 412 g/mol. The molecule has 2 N–H and O–H groups in total. The Morgan fingerprint density at radius 2 is 1.97 bits per heavy atom. The Kier molecular flexibility index (Phi) is 5.33. The highest BCUT2D eigenvalue weighted by atomic mass is 16.1. The molecule has 1 aliphatic heterocycles. The number of pyridine rings is 1. The highest BCUT2D eigenvalue weighted by Gasteiger charge is 2.25. The number of nitrogens with one attached hydrogen (secondary N) is 2. The molecule has 5 heteroatoms. The average molecular weight is 413 g/mol. The van der Waals surface area contributed by atoms with Crippen LogP contribution in [0.15, 0.2) is 60.9 Å². The number of aromatic nitrogens is 2. The normalized spacial score (nSPS) is 14.9. The molecule has 1 fully saturated rings. The maximum Gasteiger partial charge on any atom is 0.223 e. The maximum absolute atomic E-state index is 12.7. The molecular weight excluding hydrogens is 384 g/mol. The highest BCUT2D eigenvalue weighted by Crippen LogP contribution is 2.30. The first-order valence-corrected chi connectivity index (χ1v) is 11.1. The Labute approximate surface area is 182 Å². The van der Waals surface area contributed by atoms with Crippen LogP contribution in [-0.4, -0.2) is 35.5 Å². The molecule has 1 amide bonds. The van der Waals surface area contributed by atoms with Gasteiger partial charge in [0, 0.05) is 59.9 Å². The molecule has 0 atom stereocenters. The molecule has 5 nitrogen and oxygen atoms in total. The number of aromatic amines is 1. The third-order valence-electron chi connectivity index (χ3n) is 6.45. The van der Waals surface area contributed by atoms with Crippen molar-refractivity contribution in [3.05, 3.63) is 72.1 Å². The van der Waals surface area contributed by atoms with Gasteiger partial charge in [0.15, 0.2) is 0 Å². The van der Waals surface area contributed by atoms with Gasteiger partial charge in [-0.05, 0) is 56.0 Å². The predicted molar refractivity (Wildman–Crippen MR) is 126 cm³/mol. The van der Waals surface area contributed by atoms with Crippen LogP contribution in [0.4, 0.5) is 5.69 Å². The number of nitrogens with zero attached hydrogens (tertiary/aromatic N) is 2. The topological polar surface area (TPSA) is 61.0 Å². The number of H-pyrrole nitrogens is 1. The van der Waals surface area contributed by atoms with E-state index in [4.69, 9.17) is 0 Å². The molecule has 1 aliphatic rings. The van der Waals surface area contributed by atoms with Crippen LogP contribution in [0.3, 0.4) is 0 Å². The molecule has 0 unspecified atom stereocenters. The van der Waals surface area contributed by atoms with Crippen LogP contribution in [0.5, 0.6) is 0 Å². The molecule has 2 aromatic heterocycles. The van der Waals surface area contributed by atoms with E-state index in [0.717, 1.165) is 43.4 Å². The third kappa shape index (κ3) is 4.00. The second kappa shape index (κ2) is 8.42. The van der Waals surface area contributed by atoms with Crippen LogP contribution in [-0.2, 0) is 11.2 Å². The van der Waals surface area contributed by atoms with Gasteiger partial charge in [-0.15, -0.1) is 0 Å². The van der Waals surface area contributed by atoms with E-state index >= 15 is 0 Å². The average Bonchev–Trinajstić information content (AvgIpc) is 3.22. The van der Waals surface area contributed by atoms with E-state index in [1.807, 2.05) is 12.3 Å². The number of benzene rings is 2. The molecule has 31 heavy (non-hydrogen) atoms. The van der Waals surface area contributed by atoms with Crippen molar-refractivity contribution in [2.24, 2.45) is 5.92 Å². The van der Waals surface area contributed by atoms with E-state index in [9.17, 15) is 4.79 Å². The first-order valence-electron chi connectivity index (χ1n) is 11.1. The van der Waals surface area contributed by atoms with E-state index in [0.29, 0.717) is 6.54 Å². The minimum Gasteiger partial charge on any atom is -0.371 e. The summed E-state index contributed by atoms with van der Waals surface area (Å²) in [4.78, 5) is 23.0. The minimum absolute atomic E-state index is 0.0917. The molecule has 3 heterocycles. The maximum atomic E-state index is 12.7. The van der Waals surface area contributed by atoms with Crippen LogP contribution >= 0.6 is 0 Å². The number of para-hydroxylation sites is 1. The van der Waals surface area contributed by atoms with E-state index < -0.39 is 0 Å². The van der Waals surface area contributed by atoms with Gasteiger partial charge < -0.3 is 15.2 Å². The van der Waals surface area contributed by atoms with Crippen molar-refractivity contribution < 1.29 is 4.79 Å². The standard InChI is InChI=1S/C26H28N4O/c1-18-6-7-24-22(16-18)25(9-13-27-24)30-14-10-19(11-15-30)26(31)28-12-8-20-17-29-23-5-3-2-4-21(20)23/h2-7,9,13,16-17,19,29H,8,10-12,14-15H2,1H3,(H,28,31). The number of carbonyl (C=O) groups is 1. The van der Waals surface area contributed by atoms with E-state index in [1.54, 1.807) is 0 Å². The number of fused-ring (bicyclic) bond motifs is 2. The summed E-state index contributed by atoms with van der Waals surface area (Å²) in [6, 6.07) is 16.8. The number of anilines is 1. The summed E-state index contributed by atoms with van der Waals surface area (Å²) in [7, 11) is 0. The molecular formula is C26H28N4O. The minimum atomic E-state index is 0.0917. The predicted octanol–water partition coefficient (Wildman–Crippen LogP) is 4.60. The van der Waals surface area contributed by atoms with E-state index in [2.05, 4.69) is 75.8 Å². The molecule has 0 saturated carbocycles. The van der Waals surface area contributed by atoms with Gasteiger partial charge in [0.25, 0.3) is 0 Å². The number of amides is 1. The van der Waals surface area contributed by atoms with Gasteiger partial charge in [-0.3, -0.25) is 9.78 Å². The van der Waals surface area contributed by atoms with Gasteiger partial charge in [-0.2, -0.15) is 0 Å². The van der Waals surface area contributed by atoms with Gasteiger partial charge in [0.05, 0.1) is 5.52 Å². The molecule has 4 aromatic rings. The van der Waals surface area contributed by atoms with Crippen molar-refractivity contribution in [3.8, 4) is 0 Å². The lowest BCUT2D eigenvalue weighted by atomic mass is 9.95. The molecule has 0 spiro atoms. The van der Waals surface area contributed by atoms with Crippen LogP contribution in [0.2, 0.25) is 0 Å². The molecule has 0 bridgehead atoms. The molecule has 1 saturated heterocycles. The van der Waals surface area contributed by atoms with Crippen LogP contribution in [0.1, 0.15) is 24.0 Å². The van der Waals surface area contributed by atoms with E-state index in [1.165, 1.54) is 27.6 Å². The molecule has 2 aromatic carbocycles. The summed E-state index contributed by atoms with van der Waals surface area (Å²) < 4.78 is 0. The fourth-order valence-electron chi connectivity index (χ4n) is 4.71. The summed E-state index contributed by atoms with van der Waals surface area (Å²) in [5.41, 5.74) is 5.90. The zero-order chi connectivity index (χ0) is 21.2. The Balaban J connectivity index is 1.17. The largest absolute Gasteiger partial charge is 0.371 e. The Bertz CT molecular complexity index is 1220. The fourth-order valence-corrected chi connectivity index (χ4v) is 4.71. The summed E-state index contributed by atoms with van der Waals surface area (Å²) in [5.74, 6) is 0.281. The van der Waals surface area contributed by atoms with Gasteiger partial charge in [0.1, 0.15) is 0 Å². The Hall–Kier alpha value is -3.34. The Morgan fingerprint density at radius 3 is 2.84 bits per heavy atom. The smallest absolute Gasteiger partial charge is 0.223 e. The summed E-state index contributed by atoms with van der Waals surface area (Å²) in [5, 5.41) is 5.60. The number of piperidine rings is 1. The van der Waals surface area contributed by atoms with Crippen molar-refractivity contribution in [2.45, 2.75) is 26.2 Å². The molecule has 5 rings (SSSR count). The first-order chi connectivity index (χ1) is 15.2. The van der Waals surface area contributed by atoms with Crippen molar-refractivity contribution in [2.75, 3.05) is 24.5 Å². The lowest BCUT2D eigenvalue weighted by Crippen LogP contribution is -2.41. The number of rotatable bonds is 5. The Morgan fingerprint density at radius 1 is 1.13 bits per heavy atom. The van der Waals surface area contributed by atoms with Crippen LogP contribution in [0.25, 0.3) is 21.8 Å². The number of aryl methyl sites for hydroxylation is 1. The molecule has 0 aliphatic carbocycles. The van der Waals surface area contributed by atoms with Gasteiger partial charge in [-0.25, -0.2) is 0 Å². The highest BCUT2D eigenvalue weighted by molar-refractivity contribution is 5.92. The first kappa shape index (κ1) is 19.6. The van der Waals surface area contributed by atoms with Crippen molar-refractivity contribution in [1.29, 1.82) is 0 Å². The summed E-state index contributed by atoms with van der Waals surface area (Å²) >= 11 is 0. The molecule has 158 valence electrons. The second-order valence-electron chi connectivity index (χ2n) is 8.51. The molecule has 0 radical (unpaired) electrons. The number of carbonyl (C=O) groups excluding carboxylic acids is 1. The van der Waals surface area contributed by atoms with Crippen molar-refractivity contribution in [3.63, 3.8) is 0 Å². The second-order valence-corrected chi connectivity index (χ2v) is 8.51. The lowest BCUT2D eigenvalue weighted by Gasteiger charge is -2.33. The zero-order valence-electron chi connectivity index (χ0n) is 17.9. The van der Waals surface area contributed by atoms with Gasteiger partial charge >= 0.3 is 0 Å². The summed E-state index contributed by atoms with van der Waals surface area (Å²) in [6.45, 7) is 4.58. The van der Waals surface area contributed by atoms with Crippen LogP contribution < -0.4 is 10.2 Å². The van der Waals surface area contributed by atoms with E-state index in [-0.39, 0.29) is 11.8 Å². The van der Waals surface area contributed by atoms with Gasteiger partial charge in [-0.1, -0.05) is 29.8 Å². The van der Waals surface area contributed by atoms with Crippen molar-refractivity contribution in [1.82, 2.24) is 15.3 Å².